The van der Waals surface area contributed by atoms with Gasteiger partial charge in [0, 0.05) is 42.3 Å². The number of ether oxygens (including phenoxy) is 4. The lowest BCUT2D eigenvalue weighted by molar-refractivity contribution is -0.131. The van der Waals surface area contributed by atoms with Gasteiger partial charge < -0.3 is 34.5 Å². The average Bonchev–Trinajstić information content (AvgIpc) is 3.87. The lowest BCUT2D eigenvalue weighted by Crippen LogP contribution is -2.38. The number of aromatic nitrogens is 1. The number of amides is 2. The molecule has 0 saturated heterocycles. The molecule has 2 amide bonds. The van der Waals surface area contributed by atoms with E-state index < -0.39 is 17.1 Å². The van der Waals surface area contributed by atoms with Crippen LogP contribution in [0.2, 0.25) is 0 Å². The van der Waals surface area contributed by atoms with Crippen LogP contribution in [0.3, 0.4) is 0 Å². The van der Waals surface area contributed by atoms with Crippen molar-refractivity contribution in [2.45, 2.75) is 51.5 Å². The SMILES string of the molecule is Cc1ccc(NC(=O)C2(C(=O)Nc3ccc(Oc4ccnc5cc(OCCCN(C)C6CCC6)c6c(c45)OCCO6)c(F)c3)CC2)cc1. The monoisotopic (exact) mass is 654 g/mol. The molecular weight excluding hydrogens is 615 g/mol. The quantitative estimate of drug-likeness (QED) is 0.126. The Kier molecular flexibility index (Phi) is 8.79. The van der Waals surface area contributed by atoms with Crippen LogP contribution in [0.1, 0.15) is 44.1 Å². The van der Waals surface area contributed by atoms with Gasteiger partial charge in [0.25, 0.3) is 0 Å². The summed E-state index contributed by atoms with van der Waals surface area (Å²) in [5.74, 6) is 0.172. The standard InChI is InChI=1S/C37H39FN4O6/c1-23-7-9-24(10-8-23)40-35(43)37(14-15-37)36(44)41-25-11-12-29(27(38)21-25)48-30-13-16-39-28-22-31(33-34(32(28)30)47-20-19-46-33)45-18-4-17-42(2)26-5-3-6-26/h7-13,16,21-22,26H,3-6,14-15,17-20H2,1-2H3,(H,40,43)(H,41,44). The van der Waals surface area contributed by atoms with Crippen LogP contribution in [0.4, 0.5) is 15.8 Å². The molecule has 2 fully saturated rings. The van der Waals surface area contributed by atoms with Gasteiger partial charge in [0.1, 0.15) is 24.4 Å². The fourth-order valence-corrected chi connectivity index (χ4v) is 6.07. The van der Waals surface area contributed by atoms with E-state index in [1.165, 1.54) is 37.5 Å². The van der Waals surface area contributed by atoms with Crippen molar-refractivity contribution >= 4 is 34.1 Å². The zero-order valence-corrected chi connectivity index (χ0v) is 27.1. The van der Waals surface area contributed by atoms with Crippen molar-refractivity contribution in [3.63, 3.8) is 0 Å². The van der Waals surface area contributed by atoms with Crippen LogP contribution in [0.15, 0.2) is 60.8 Å². The van der Waals surface area contributed by atoms with E-state index in [-0.39, 0.29) is 17.3 Å². The normalized spacial score (nSPS) is 16.2. The number of carbonyl (C=O) groups excluding carboxylic acids is 2. The molecule has 11 heteroatoms. The maximum absolute atomic E-state index is 15.4. The highest BCUT2D eigenvalue weighted by Crippen LogP contribution is 2.49. The van der Waals surface area contributed by atoms with Crippen LogP contribution in [-0.4, -0.2) is 61.2 Å². The second kappa shape index (κ2) is 13.3. The number of carbonyl (C=O) groups is 2. The van der Waals surface area contributed by atoms with E-state index in [9.17, 15) is 9.59 Å². The maximum atomic E-state index is 15.4. The fraction of sp³-hybridized carbons (Fsp3) is 0.378. The molecule has 48 heavy (non-hydrogen) atoms. The van der Waals surface area contributed by atoms with E-state index in [4.69, 9.17) is 18.9 Å². The number of pyridine rings is 1. The van der Waals surface area contributed by atoms with E-state index in [0.717, 1.165) is 18.5 Å². The highest BCUT2D eigenvalue weighted by Gasteiger charge is 2.56. The summed E-state index contributed by atoms with van der Waals surface area (Å²) in [4.78, 5) is 33.1. The molecule has 2 heterocycles. The Morgan fingerprint density at radius 3 is 2.33 bits per heavy atom. The second-order valence-corrected chi connectivity index (χ2v) is 12.8. The van der Waals surface area contributed by atoms with Crippen molar-refractivity contribution < 1.29 is 32.9 Å². The van der Waals surface area contributed by atoms with E-state index in [0.29, 0.717) is 78.3 Å². The number of fused-ring (bicyclic) bond motifs is 3. The number of hydrogen-bond donors (Lipinski definition) is 2. The van der Waals surface area contributed by atoms with Gasteiger partial charge in [-0.1, -0.05) is 24.1 Å². The molecule has 3 aromatic carbocycles. The summed E-state index contributed by atoms with van der Waals surface area (Å²) < 4.78 is 39.7. The van der Waals surface area contributed by atoms with E-state index in [2.05, 4.69) is 27.6 Å². The molecule has 7 rings (SSSR count). The Labute approximate surface area is 278 Å². The first-order valence-corrected chi connectivity index (χ1v) is 16.5. The zero-order chi connectivity index (χ0) is 33.3. The molecule has 10 nitrogen and oxygen atoms in total. The third-order valence-electron chi connectivity index (χ3n) is 9.39. The molecule has 0 atom stereocenters. The largest absolute Gasteiger partial charge is 0.489 e. The van der Waals surface area contributed by atoms with Crippen molar-refractivity contribution in [1.29, 1.82) is 0 Å². The van der Waals surface area contributed by atoms with Gasteiger partial charge in [-0.2, -0.15) is 0 Å². The van der Waals surface area contributed by atoms with Crippen LogP contribution in [0.25, 0.3) is 10.9 Å². The topological polar surface area (TPSA) is 111 Å². The molecule has 3 aliphatic rings. The van der Waals surface area contributed by atoms with Crippen molar-refractivity contribution in [2.24, 2.45) is 5.41 Å². The first-order chi connectivity index (χ1) is 23.3. The van der Waals surface area contributed by atoms with E-state index in [1.54, 1.807) is 30.5 Å². The third-order valence-corrected chi connectivity index (χ3v) is 9.39. The summed E-state index contributed by atoms with van der Waals surface area (Å²) in [6.07, 6.45) is 7.10. The van der Waals surface area contributed by atoms with Gasteiger partial charge in [0.05, 0.1) is 17.5 Å². The Hall–Kier alpha value is -4.90. The summed E-state index contributed by atoms with van der Waals surface area (Å²) in [5.41, 5.74) is 1.26. The molecule has 1 aromatic heterocycles. The van der Waals surface area contributed by atoms with Crippen LogP contribution in [0.5, 0.6) is 28.7 Å². The summed E-state index contributed by atoms with van der Waals surface area (Å²) in [6, 6.07) is 15.6. The number of nitrogens with one attached hydrogen (secondary N) is 2. The minimum absolute atomic E-state index is 0.0554. The Balaban J connectivity index is 1.04. The van der Waals surface area contributed by atoms with E-state index in [1.807, 2.05) is 19.1 Å². The molecule has 0 bridgehead atoms. The maximum Gasteiger partial charge on any atom is 0.240 e. The van der Waals surface area contributed by atoms with Gasteiger partial charge in [0.15, 0.2) is 23.1 Å². The first-order valence-electron chi connectivity index (χ1n) is 16.5. The third kappa shape index (κ3) is 6.47. The molecule has 2 N–H and O–H groups in total. The molecular formula is C37H39FN4O6. The molecule has 250 valence electrons. The number of hydrogen-bond acceptors (Lipinski definition) is 8. The fourth-order valence-electron chi connectivity index (χ4n) is 6.07. The molecule has 2 aliphatic carbocycles. The van der Waals surface area contributed by atoms with Crippen molar-refractivity contribution in [3.05, 3.63) is 72.2 Å². The van der Waals surface area contributed by atoms with Gasteiger partial charge in [-0.15, -0.1) is 0 Å². The molecule has 4 aromatic rings. The highest BCUT2D eigenvalue weighted by atomic mass is 19.1. The van der Waals surface area contributed by atoms with Gasteiger partial charge in [-0.25, -0.2) is 4.39 Å². The smallest absolute Gasteiger partial charge is 0.240 e. The van der Waals surface area contributed by atoms with Crippen LogP contribution in [0, 0.1) is 18.2 Å². The van der Waals surface area contributed by atoms with E-state index >= 15 is 4.39 Å². The first kappa shape index (κ1) is 31.7. The van der Waals surface area contributed by atoms with Crippen molar-refractivity contribution in [3.8, 4) is 28.7 Å². The van der Waals surface area contributed by atoms with Gasteiger partial charge in [-0.05, 0) is 76.4 Å². The van der Waals surface area contributed by atoms with Crippen molar-refractivity contribution in [2.75, 3.05) is 44.0 Å². The molecule has 0 unspecified atom stereocenters. The Morgan fingerprint density at radius 1 is 0.938 bits per heavy atom. The Morgan fingerprint density at radius 2 is 1.65 bits per heavy atom. The summed E-state index contributed by atoms with van der Waals surface area (Å²) in [6.45, 7) is 4.12. The predicted molar refractivity (Wildman–Crippen MR) is 180 cm³/mol. The average molecular weight is 655 g/mol. The minimum atomic E-state index is -1.19. The lowest BCUT2D eigenvalue weighted by Gasteiger charge is -2.34. The predicted octanol–water partition coefficient (Wildman–Crippen LogP) is 6.86. The van der Waals surface area contributed by atoms with Crippen molar-refractivity contribution in [1.82, 2.24) is 9.88 Å². The zero-order valence-electron chi connectivity index (χ0n) is 27.1. The van der Waals surface area contributed by atoms with Gasteiger partial charge in [0.2, 0.25) is 17.6 Å². The minimum Gasteiger partial charge on any atom is -0.489 e. The van der Waals surface area contributed by atoms with Crippen LogP contribution >= 0.6 is 0 Å². The molecule has 0 radical (unpaired) electrons. The number of halogens is 1. The number of benzene rings is 3. The number of anilines is 2. The second-order valence-electron chi connectivity index (χ2n) is 12.8. The lowest BCUT2D eigenvalue weighted by atomic mass is 9.92. The molecule has 1 aliphatic heterocycles. The number of nitrogens with zero attached hydrogens (tertiary/aromatic N) is 2. The number of rotatable bonds is 12. The summed E-state index contributed by atoms with van der Waals surface area (Å²) in [5, 5.41) is 6.07. The van der Waals surface area contributed by atoms with Gasteiger partial charge in [-0.3, -0.25) is 14.6 Å². The highest BCUT2D eigenvalue weighted by molar-refractivity contribution is 6.17. The van der Waals surface area contributed by atoms with Crippen LogP contribution in [-0.2, 0) is 9.59 Å². The van der Waals surface area contributed by atoms with Gasteiger partial charge >= 0.3 is 0 Å². The summed E-state index contributed by atoms with van der Waals surface area (Å²) in [7, 11) is 2.16. The molecule has 0 spiro atoms. The Bertz CT molecular complexity index is 1840. The summed E-state index contributed by atoms with van der Waals surface area (Å²) >= 11 is 0. The number of aryl methyl sites for hydroxylation is 1. The molecule has 2 saturated carbocycles. The van der Waals surface area contributed by atoms with Crippen LogP contribution < -0.4 is 29.6 Å².